The Morgan fingerprint density at radius 2 is 1.73 bits per heavy atom. The van der Waals surface area contributed by atoms with Gasteiger partial charge in [-0.15, -0.1) is 0 Å². The molecule has 0 bridgehead atoms. The second-order valence-corrected chi connectivity index (χ2v) is 11.1. The van der Waals surface area contributed by atoms with Crippen LogP contribution in [0, 0.1) is 29.6 Å². The topological polar surface area (TPSA) is 160 Å². The number of carboxylic acids is 1. The van der Waals surface area contributed by atoms with E-state index < -0.39 is 30.1 Å². The summed E-state index contributed by atoms with van der Waals surface area (Å²) in [6, 6.07) is 4.65. The predicted octanol–water partition coefficient (Wildman–Crippen LogP) is 5.55. The molecule has 0 unspecified atom stereocenters. The molecule has 2 N–H and O–H groups in total. The number of benzene rings is 1. The van der Waals surface area contributed by atoms with Gasteiger partial charge in [-0.3, -0.25) is 9.59 Å². The number of azide groups is 1. The van der Waals surface area contributed by atoms with Gasteiger partial charge in [0.25, 0.3) is 0 Å². The van der Waals surface area contributed by atoms with Crippen molar-refractivity contribution in [2.45, 2.75) is 79.1 Å². The SMILES string of the molecule is COCOCCc1cc([C@H](OC(=O)C(C)C)[C@@H](C[C@H](N=[N+]=[N-])[C@@H](O)C[C@H](C(=O)O)C(C)C)C(C)C)ccc1OC. The first-order chi connectivity index (χ1) is 18.9. The zero-order chi connectivity index (χ0) is 30.4. The summed E-state index contributed by atoms with van der Waals surface area (Å²) in [5, 5.41) is 24.5. The van der Waals surface area contributed by atoms with E-state index in [2.05, 4.69) is 10.0 Å². The predicted molar refractivity (Wildman–Crippen MR) is 151 cm³/mol. The van der Waals surface area contributed by atoms with Crippen molar-refractivity contribution in [2.24, 2.45) is 34.7 Å². The van der Waals surface area contributed by atoms with Crippen LogP contribution in [0.3, 0.4) is 0 Å². The van der Waals surface area contributed by atoms with E-state index in [0.717, 1.165) is 11.1 Å². The Morgan fingerprint density at radius 3 is 2.23 bits per heavy atom. The maximum absolute atomic E-state index is 12.9. The fourth-order valence-electron chi connectivity index (χ4n) is 4.61. The number of methoxy groups -OCH3 is 2. The average molecular weight is 566 g/mol. The Labute approximate surface area is 237 Å². The number of nitrogens with zero attached hydrogens (tertiary/aromatic N) is 3. The van der Waals surface area contributed by atoms with Crippen LogP contribution in [-0.2, 0) is 30.2 Å². The van der Waals surface area contributed by atoms with E-state index in [9.17, 15) is 25.3 Å². The fraction of sp³-hybridized carbons (Fsp3) is 0.724. The van der Waals surface area contributed by atoms with Gasteiger partial charge in [-0.05, 0) is 59.9 Å². The Morgan fingerprint density at radius 1 is 1.05 bits per heavy atom. The molecule has 0 fully saturated rings. The van der Waals surface area contributed by atoms with Gasteiger partial charge in [-0.2, -0.15) is 0 Å². The number of hydrogen-bond donors (Lipinski definition) is 2. The number of hydrogen-bond acceptors (Lipinski definition) is 8. The van der Waals surface area contributed by atoms with Crippen molar-refractivity contribution in [3.63, 3.8) is 0 Å². The van der Waals surface area contributed by atoms with Crippen LogP contribution in [0.15, 0.2) is 23.3 Å². The minimum Gasteiger partial charge on any atom is -0.496 e. The first-order valence-corrected chi connectivity index (χ1v) is 13.8. The lowest BCUT2D eigenvalue weighted by atomic mass is 9.79. The summed E-state index contributed by atoms with van der Waals surface area (Å²) in [6.45, 7) is 11.5. The summed E-state index contributed by atoms with van der Waals surface area (Å²) >= 11 is 0. The summed E-state index contributed by atoms with van der Waals surface area (Å²) in [4.78, 5) is 27.6. The first kappa shape index (κ1) is 35.2. The van der Waals surface area contributed by atoms with E-state index in [1.54, 1.807) is 41.9 Å². The smallest absolute Gasteiger partial charge is 0.308 e. The molecule has 0 aliphatic heterocycles. The quantitative estimate of drug-likeness (QED) is 0.0551. The molecule has 11 nitrogen and oxygen atoms in total. The summed E-state index contributed by atoms with van der Waals surface area (Å²) < 4.78 is 22.0. The van der Waals surface area contributed by atoms with Gasteiger partial charge in [0, 0.05) is 17.9 Å². The standard InChI is InChI=1S/C29H47N3O8/c1-17(2)22(14-24(31-32-30)25(33)15-23(18(3)4)28(34)35)27(40-29(36)19(5)6)21-9-10-26(38-8)20(13-21)11-12-39-16-37-7/h9-10,13,17-19,22-25,27,33H,11-12,14-16H2,1-8H3,(H,34,35)/t22-,23-,24-,25-,27-/m0/s1. The molecule has 0 radical (unpaired) electrons. The second-order valence-electron chi connectivity index (χ2n) is 11.1. The number of aliphatic hydroxyl groups excluding tert-OH is 1. The monoisotopic (exact) mass is 565 g/mol. The lowest BCUT2D eigenvalue weighted by molar-refractivity contribution is -0.158. The van der Waals surface area contributed by atoms with Crippen LogP contribution in [0.25, 0.3) is 10.4 Å². The van der Waals surface area contributed by atoms with Crippen LogP contribution in [0.4, 0.5) is 0 Å². The van der Waals surface area contributed by atoms with Crippen molar-refractivity contribution in [3.8, 4) is 5.75 Å². The molecule has 11 heteroatoms. The zero-order valence-corrected chi connectivity index (χ0v) is 25.1. The molecule has 1 rings (SSSR count). The van der Waals surface area contributed by atoms with Crippen molar-refractivity contribution in [3.05, 3.63) is 39.8 Å². The van der Waals surface area contributed by atoms with Crippen LogP contribution in [-0.4, -0.2) is 61.9 Å². The van der Waals surface area contributed by atoms with Gasteiger partial charge in [-0.1, -0.05) is 52.7 Å². The lowest BCUT2D eigenvalue weighted by Crippen LogP contribution is -2.35. The first-order valence-electron chi connectivity index (χ1n) is 13.8. The second kappa shape index (κ2) is 17.8. The summed E-state index contributed by atoms with van der Waals surface area (Å²) in [6.07, 6.45) is -1.26. The van der Waals surface area contributed by atoms with Gasteiger partial charge in [0.15, 0.2) is 0 Å². The van der Waals surface area contributed by atoms with Crippen molar-refractivity contribution in [1.82, 2.24) is 0 Å². The van der Waals surface area contributed by atoms with Crippen LogP contribution in [0.1, 0.15) is 71.6 Å². The minimum atomic E-state index is -1.19. The summed E-state index contributed by atoms with van der Waals surface area (Å²) in [7, 11) is 3.13. The fourth-order valence-corrected chi connectivity index (χ4v) is 4.61. The molecule has 1 aromatic rings. The Bertz CT molecular complexity index is 978. The van der Waals surface area contributed by atoms with E-state index in [4.69, 9.17) is 18.9 Å². The maximum Gasteiger partial charge on any atom is 0.308 e. The molecule has 0 spiro atoms. The highest BCUT2D eigenvalue weighted by Gasteiger charge is 2.36. The molecular weight excluding hydrogens is 518 g/mol. The molecule has 0 heterocycles. The highest BCUT2D eigenvalue weighted by Crippen LogP contribution is 2.39. The van der Waals surface area contributed by atoms with E-state index in [1.165, 1.54) is 0 Å². The maximum atomic E-state index is 12.9. The van der Waals surface area contributed by atoms with E-state index in [1.807, 2.05) is 32.0 Å². The number of carbonyl (C=O) groups excluding carboxylic acids is 1. The molecule has 1 aromatic carbocycles. The molecule has 226 valence electrons. The molecule has 0 saturated carbocycles. The third kappa shape index (κ3) is 11.0. The number of carbonyl (C=O) groups is 2. The van der Waals surface area contributed by atoms with Gasteiger partial charge in [0.2, 0.25) is 0 Å². The highest BCUT2D eigenvalue weighted by atomic mass is 16.7. The van der Waals surface area contributed by atoms with Crippen LogP contribution < -0.4 is 4.74 Å². The van der Waals surface area contributed by atoms with Crippen molar-refractivity contribution in [1.29, 1.82) is 0 Å². The van der Waals surface area contributed by atoms with E-state index in [0.29, 0.717) is 18.8 Å². The number of carboxylic acid groups (broad SMARTS) is 1. The number of ether oxygens (including phenoxy) is 4. The van der Waals surface area contributed by atoms with Crippen LogP contribution in [0.5, 0.6) is 5.75 Å². The van der Waals surface area contributed by atoms with Gasteiger partial charge in [-0.25, -0.2) is 0 Å². The highest BCUT2D eigenvalue weighted by molar-refractivity contribution is 5.72. The molecule has 5 atom stereocenters. The van der Waals surface area contributed by atoms with Gasteiger partial charge < -0.3 is 29.2 Å². The number of esters is 1. The van der Waals surface area contributed by atoms with Crippen molar-refractivity contribution in [2.75, 3.05) is 27.6 Å². The Hall–Kier alpha value is -2.85. The molecular formula is C29H47N3O8. The molecule has 0 aliphatic carbocycles. The molecule has 0 amide bonds. The van der Waals surface area contributed by atoms with Crippen molar-refractivity contribution >= 4 is 11.9 Å². The summed E-state index contributed by atoms with van der Waals surface area (Å²) in [5.74, 6) is -2.55. The van der Waals surface area contributed by atoms with Crippen LogP contribution in [0.2, 0.25) is 0 Å². The van der Waals surface area contributed by atoms with Gasteiger partial charge in [0.1, 0.15) is 18.6 Å². The molecule has 0 aliphatic rings. The average Bonchev–Trinajstić information content (AvgIpc) is 2.89. The molecule has 0 saturated heterocycles. The Balaban J connectivity index is 3.49. The number of aliphatic carboxylic acids is 1. The molecule has 40 heavy (non-hydrogen) atoms. The number of aliphatic hydroxyl groups is 1. The van der Waals surface area contributed by atoms with Crippen LogP contribution >= 0.6 is 0 Å². The lowest BCUT2D eigenvalue weighted by Gasteiger charge is -2.34. The van der Waals surface area contributed by atoms with Gasteiger partial charge in [0.05, 0.1) is 37.7 Å². The van der Waals surface area contributed by atoms with Gasteiger partial charge >= 0.3 is 11.9 Å². The number of rotatable bonds is 19. The van der Waals surface area contributed by atoms with Crippen molar-refractivity contribution < 1.29 is 38.7 Å². The minimum absolute atomic E-state index is 0.0514. The van der Waals surface area contributed by atoms with E-state index in [-0.39, 0.29) is 49.3 Å². The normalized spacial score (nSPS) is 15.3. The summed E-state index contributed by atoms with van der Waals surface area (Å²) in [5.41, 5.74) is 10.9. The molecule has 0 aromatic heterocycles. The van der Waals surface area contributed by atoms with E-state index >= 15 is 0 Å². The zero-order valence-electron chi connectivity index (χ0n) is 25.1. The third-order valence-electron chi connectivity index (χ3n) is 7.08. The Kier molecular flexibility index (Phi) is 15.6. The third-order valence-corrected chi connectivity index (χ3v) is 7.08. The largest absolute Gasteiger partial charge is 0.496 e.